The Kier molecular flexibility index (Phi) is 5.36. The summed E-state index contributed by atoms with van der Waals surface area (Å²) < 4.78 is 0. The lowest BCUT2D eigenvalue weighted by molar-refractivity contribution is 0.0894. The molecule has 1 aromatic heterocycles. The van der Waals surface area contributed by atoms with Crippen LogP contribution in [0.25, 0.3) is 10.9 Å². The van der Waals surface area contributed by atoms with Gasteiger partial charge in [0.1, 0.15) is 0 Å². The fraction of sp³-hybridized carbons (Fsp3) is 0.304. The van der Waals surface area contributed by atoms with Gasteiger partial charge in [-0.2, -0.15) is 0 Å². The van der Waals surface area contributed by atoms with Gasteiger partial charge in [-0.3, -0.25) is 9.78 Å². The number of nitrogens with zero attached hydrogens (tertiary/aromatic N) is 1. The lowest BCUT2D eigenvalue weighted by Crippen LogP contribution is -2.48. The molecule has 3 rings (SSSR count). The van der Waals surface area contributed by atoms with Crippen molar-refractivity contribution in [2.24, 2.45) is 5.92 Å². The van der Waals surface area contributed by atoms with Crippen molar-refractivity contribution in [1.29, 1.82) is 0 Å². The molecule has 136 valence electrons. The Hall–Kier alpha value is -2.68. The van der Waals surface area contributed by atoms with Crippen LogP contribution in [0, 0.1) is 5.92 Å². The molecule has 0 saturated carbocycles. The third-order valence-corrected chi connectivity index (χ3v) is 4.56. The second-order valence-electron chi connectivity index (χ2n) is 7.69. The smallest absolute Gasteiger partial charge is 0.253 e. The zero-order valence-electron chi connectivity index (χ0n) is 15.7. The zero-order valence-corrected chi connectivity index (χ0v) is 15.7. The largest absolute Gasteiger partial charge is 0.346 e. The molecule has 1 N–H and O–H groups in total. The van der Waals surface area contributed by atoms with E-state index in [1.165, 1.54) is 5.56 Å². The summed E-state index contributed by atoms with van der Waals surface area (Å²) >= 11 is 0. The fourth-order valence-electron chi connectivity index (χ4n) is 3.66. The topological polar surface area (TPSA) is 42.0 Å². The summed E-state index contributed by atoms with van der Waals surface area (Å²) in [6, 6.07) is 20.1. The highest BCUT2D eigenvalue weighted by molar-refractivity contribution is 5.97. The van der Waals surface area contributed by atoms with Gasteiger partial charge in [0.2, 0.25) is 0 Å². The van der Waals surface area contributed by atoms with Gasteiger partial charge in [0, 0.05) is 18.5 Å². The first-order chi connectivity index (χ1) is 12.5. The van der Waals surface area contributed by atoms with Crippen molar-refractivity contribution in [1.82, 2.24) is 10.3 Å². The predicted molar refractivity (Wildman–Crippen MR) is 109 cm³/mol. The number of aromatic nitrogens is 1. The number of rotatable bonds is 6. The van der Waals surface area contributed by atoms with E-state index in [0.29, 0.717) is 11.5 Å². The molecule has 3 aromatic rings. The highest BCUT2D eigenvalue weighted by Crippen LogP contribution is 2.23. The molecule has 3 heteroatoms. The van der Waals surface area contributed by atoms with Gasteiger partial charge in [-0.05, 0) is 43.4 Å². The Labute approximate surface area is 157 Å². The van der Waals surface area contributed by atoms with Gasteiger partial charge in [0.05, 0.1) is 11.1 Å². The van der Waals surface area contributed by atoms with E-state index in [-0.39, 0.29) is 12.9 Å². The Morgan fingerprint density at radius 2 is 1.81 bits per heavy atom. The quantitative estimate of drug-likeness (QED) is 0.660. The summed E-state index contributed by atoms with van der Waals surface area (Å²) in [4.78, 5) is 17.3. The van der Waals surface area contributed by atoms with Crippen molar-refractivity contribution in [2.75, 3.05) is 0 Å². The van der Waals surface area contributed by atoms with Crippen molar-refractivity contribution in [3.8, 4) is 0 Å². The van der Waals surface area contributed by atoms with Gasteiger partial charge in [-0.15, -0.1) is 0 Å². The lowest BCUT2D eigenvalue weighted by atomic mass is 9.84. The van der Waals surface area contributed by atoms with E-state index in [9.17, 15) is 4.79 Å². The molecule has 0 saturated heterocycles. The number of carbonyl (C=O) groups is 1. The van der Waals surface area contributed by atoms with Gasteiger partial charge < -0.3 is 5.32 Å². The molecule has 3 nitrogen and oxygen atoms in total. The zero-order chi connectivity index (χ0) is 18.6. The number of amides is 1. The number of pyridine rings is 1. The standard InChI is InChI=1S/C23H26N2O.H2/c1-17(2)14-23(3,15-18-9-5-4-6-10-18)25-22(26)20-13-19-11-7-8-12-21(19)24-16-20;/h4-13,16-17H,14-15H2,1-3H3,(H,25,26);1H. The molecule has 0 bridgehead atoms. The van der Waals surface area contributed by atoms with Gasteiger partial charge in [-0.1, -0.05) is 62.4 Å². The number of carbonyl (C=O) groups excluding carboxylic acids is 1. The van der Waals surface area contributed by atoms with Gasteiger partial charge >= 0.3 is 0 Å². The van der Waals surface area contributed by atoms with Crippen LogP contribution in [0.5, 0.6) is 0 Å². The summed E-state index contributed by atoms with van der Waals surface area (Å²) in [5.41, 5.74) is 2.43. The normalized spacial score (nSPS) is 13.5. The van der Waals surface area contributed by atoms with E-state index in [1.807, 2.05) is 48.5 Å². The van der Waals surface area contributed by atoms with Crippen molar-refractivity contribution in [2.45, 2.75) is 39.2 Å². The summed E-state index contributed by atoms with van der Waals surface area (Å²) in [5.74, 6) is 0.418. The summed E-state index contributed by atoms with van der Waals surface area (Å²) in [5, 5.41) is 4.26. The van der Waals surface area contributed by atoms with Crippen LogP contribution in [0.1, 0.15) is 44.5 Å². The number of nitrogens with one attached hydrogen (secondary N) is 1. The third kappa shape index (κ3) is 4.48. The molecule has 1 atom stereocenters. The summed E-state index contributed by atoms with van der Waals surface area (Å²) in [6.07, 6.45) is 3.38. The minimum Gasteiger partial charge on any atom is -0.346 e. The van der Waals surface area contributed by atoms with Crippen LogP contribution in [0.3, 0.4) is 0 Å². The monoisotopic (exact) mass is 348 g/mol. The average molecular weight is 348 g/mol. The Bertz CT molecular complexity index is 895. The second kappa shape index (κ2) is 7.69. The van der Waals surface area contributed by atoms with Crippen molar-refractivity contribution >= 4 is 16.8 Å². The van der Waals surface area contributed by atoms with Gasteiger partial charge in [0.25, 0.3) is 5.91 Å². The molecule has 2 aromatic carbocycles. The molecule has 0 aliphatic rings. The molecule has 1 amide bonds. The van der Waals surface area contributed by atoms with Crippen LogP contribution in [-0.4, -0.2) is 16.4 Å². The van der Waals surface area contributed by atoms with Crippen LogP contribution in [0.15, 0.2) is 66.9 Å². The molecule has 0 fully saturated rings. The average Bonchev–Trinajstić information content (AvgIpc) is 2.61. The molecule has 1 heterocycles. The molecular weight excluding hydrogens is 320 g/mol. The Balaban J connectivity index is 0.00000261. The van der Waals surface area contributed by atoms with Crippen LogP contribution in [0.4, 0.5) is 0 Å². The van der Waals surface area contributed by atoms with E-state index in [0.717, 1.165) is 23.7 Å². The minimum atomic E-state index is -0.307. The van der Waals surface area contributed by atoms with Crippen LogP contribution >= 0.6 is 0 Å². The fourth-order valence-corrected chi connectivity index (χ4v) is 3.66. The maximum Gasteiger partial charge on any atom is 0.253 e. The first kappa shape index (κ1) is 18.1. The molecule has 1 unspecified atom stereocenters. The maximum absolute atomic E-state index is 12.9. The van der Waals surface area contributed by atoms with E-state index >= 15 is 0 Å². The Morgan fingerprint density at radius 3 is 2.54 bits per heavy atom. The third-order valence-electron chi connectivity index (χ3n) is 4.56. The number of fused-ring (bicyclic) bond motifs is 1. The summed E-state index contributed by atoms with van der Waals surface area (Å²) in [6.45, 7) is 6.51. The molecule has 0 spiro atoms. The molecule has 0 aliphatic heterocycles. The van der Waals surface area contributed by atoms with Crippen molar-refractivity contribution in [3.05, 3.63) is 78.0 Å². The molecule has 0 aliphatic carbocycles. The van der Waals surface area contributed by atoms with Crippen LogP contribution in [0.2, 0.25) is 0 Å². The second-order valence-corrected chi connectivity index (χ2v) is 7.69. The molecule has 26 heavy (non-hydrogen) atoms. The maximum atomic E-state index is 12.9. The number of para-hydroxylation sites is 1. The van der Waals surface area contributed by atoms with Crippen LogP contribution < -0.4 is 5.32 Å². The van der Waals surface area contributed by atoms with Crippen molar-refractivity contribution in [3.63, 3.8) is 0 Å². The number of benzene rings is 2. The first-order valence-electron chi connectivity index (χ1n) is 9.16. The number of hydrogen-bond donors (Lipinski definition) is 1. The van der Waals surface area contributed by atoms with Crippen molar-refractivity contribution < 1.29 is 6.22 Å². The van der Waals surface area contributed by atoms with Gasteiger partial charge in [0.15, 0.2) is 0 Å². The highest BCUT2D eigenvalue weighted by Gasteiger charge is 2.28. The first-order valence-corrected chi connectivity index (χ1v) is 9.16. The van der Waals surface area contributed by atoms with Gasteiger partial charge in [-0.25, -0.2) is 0 Å². The highest BCUT2D eigenvalue weighted by atomic mass is 16.1. The van der Waals surface area contributed by atoms with E-state index in [1.54, 1.807) is 6.20 Å². The SMILES string of the molecule is CC(C)CC(C)(Cc1ccccc1)NC(=O)c1cnc2ccccc2c1.[HH]. The molecule has 0 radical (unpaired) electrons. The number of hydrogen-bond acceptors (Lipinski definition) is 2. The van der Waals surface area contributed by atoms with Crippen LogP contribution in [-0.2, 0) is 6.42 Å². The predicted octanol–water partition coefficient (Wildman–Crippen LogP) is 5.26. The Morgan fingerprint density at radius 1 is 1.12 bits per heavy atom. The minimum absolute atomic E-state index is 0. The van der Waals surface area contributed by atoms with E-state index in [2.05, 4.69) is 43.2 Å². The van der Waals surface area contributed by atoms with E-state index < -0.39 is 0 Å². The lowest BCUT2D eigenvalue weighted by Gasteiger charge is -2.33. The van der Waals surface area contributed by atoms with E-state index in [4.69, 9.17) is 0 Å². The summed E-state index contributed by atoms with van der Waals surface area (Å²) in [7, 11) is 0. The molecular formula is C23H28N2O.